The molecule has 5 rings (SSSR count). The highest BCUT2D eigenvalue weighted by Crippen LogP contribution is 2.49. The zero-order valence-electron chi connectivity index (χ0n) is 16.7. The fraction of sp³-hybridized carbons (Fsp3) is 0.364. The molecule has 2 aromatic heterocycles. The van der Waals surface area contributed by atoms with Gasteiger partial charge in [0.25, 0.3) is 5.91 Å². The number of nitriles is 1. The standard InChI is InChI=1S/C22H20F2N6O/c23-22(24,16-3-1-15(11-25)2-4-16)20(31)30-10-9-29(12-21(13-30)6-7-21)19-17-5-8-26-18(17)27-14-28-19/h1-5,8,14H,6-7,9-10,12-13H2,(H,26,27,28). The number of nitrogens with zero attached hydrogens (tertiary/aromatic N) is 5. The predicted molar refractivity (Wildman–Crippen MR) is 109 cm³/mol. The molecule has 1 spiro atoms. The molecule has 7 nitrogen and oxygen atoms in total. The normalized spacial score (nSPS) is 18.1. The van der Waals surface area contributed by atoms with Gasteiger partial charge in [-0.1, -0.05) is 12.1 Å². The molecule has 3 heterocycles. The summed E-state index contributed by atoms with van der Waals surface area (Å²) in [5.74, 6) is -4.09. The van der Waals surface area contributed by atoms with Crippen molar-refractivity contribution in [3.63, 3.8) is 0 Å². The van der Waals surface area contributed by atoms with Gasteiger partial charge in [0.1, 0.15) is 17.8 Å². The highest BCUT2D eigenvalue weighted by Gasteiger charge is 2.51. The van der Waals surface area contributed by atoms with E-state index in [4.69, 9.17) is 5.26 Å². The first-order valence-corrected chi connectivity index (χ1v) is 10.1. The van der Waals surface area contributed by atoms with E-state index in [1.807, 2.05) is 12.1 Å². The second-order valence-electron chi connectivity index (χ2n) is 8.35. The van der Waals surface area contributed by atoms with Crippen LogP contribution in [0.1, 0.15) is 24.0 Å². The van der Waals surface area contributed by atoms with Crippen molar-refractivity contribution in [2.24, 2.45) is 5.41 Å². The van der Waals surface area contributed by atoms with Crippen molar-refractivity contribution >= 4 is 22.8 Å². The molecule has 1 aliphatic heterocycles. The number of carbonyl (C=O) groups excluding carboxylic acids is 1. The molecule has 0 unspecified atom stereocenters. The third kappa shape index (κ3) is 3.38. The number of fused-ring (bicyclic) bond motifs is 1. The number of rotatable bonds is 3. The molecule has 1 saturated heterocycles. The number of carbonyl (C=O) groups is 1. The Balaban J connectivity index is 1.41. The zero-order valence-corrected chi connectivity index (χ0v) is 16.7. The zero-order chi connectivity index (χ0) is 21.6. The topological polar surface area (TPSA) is 88.9 Å². The van der Waals surface area contributed by atoms with Crippen LogP contribution in [-0.4, -0.2) is 51.9 Å². The van der Waals surface area contributed by atoms with Gasteiger partial charge < -0.3 is 14.8 Å². The van der Waals surface area contributed by atoms with Gasteiger partial charge in [0, 0.05) is 43.4 Å². The second-order valence-corrected chi connectivity index (χ2v) is 8.35. The summed E-state index contributed by atoms with van der Waals surface area (Å²) in [4.78, 5) is 28.0. The van der Waals surface area contributed by atoms with Gasteiger partial charge in [-0.05, 0) is 31.0 Å². The number of H-pyrrole nitrogens is 1. The minimum atomic E-state index is -3.65. The molecule has 1 aliphatic carbocycles. The number of anilines is 1. The highest BCUT2D eigenvalue weighted by atomic mass is 19.3. The van der Waals surface area contributed by atoms with Crippen LogP contribution < -0.4 is 4.90 Å². The van der Waals surface area contributed by atoms with Crippen molar-refractivity contribution in [3.05, 3.63) is 54.0 Å². The summed E-state index contributed by atoms with van der Waals surface area (Å²) < 4.78 is 30.1. The van der Waals surface area contributed by atoms with Crippen LogP contribution in [-0.2, 0) is 10.7 Å². The van der Waals surface area contributed by atoms with Crippen LogP contribution in [0.5, 0.6) is 0 Å². The summed E-state index contributed by atoms with van der Waals surface area (Å²) in [6.07, 6.45) is 5.05. The quantitative estimate of drug-likeness (QED) is 0.701. The Labute approximate surface area is 177 Å². The van der Waals surface area contributed by atoms with Gasteiger partial charge in [-0.2, -0.15) is 14.0 Å². The monoisotopic (exact) mass is 422 g/mol. The number of hydrogen-bond acceptors (Lipinski definition) is 5. The average Bonchev–Trinajstić information content (AvgIpc) is 3.43. The van der Waals surface area contributed by atoms with Crippen molar-refractivity contribution in [2.75, 3.05) is 31.1 Å². The molecule has 1 saturated carbocycles. The summed E-state index contributed by atoms with van der Waals surface area (Å²) in [6, 6.07) is 8.71. The third-order valence-corrected chi connectivity index (χ3v) is 6.21. The van der Waals surface area contributed by atoms with Crippen molar-refractivity contribution < 1.29 is 13.6 Å². The van der Waals surface area contributed by atoms with Crippen LogP contribution >= 0.6 is 0 Å². The lowest BCUT2D eigenvalue weighted by Crippen LogP contribution is -2.45. The van der Waals surface area contributed by atoms with Crippen LogP contribution in [0.15, 0.2) is 42.9 Å². The van der Waals surface area contributed by atoms with Crippen molar-refractivity contribution in [3.8, 4) is 6.07 Å². The summed E-state index contributed by atoms with van der Waals surface area (Å²) in [7, 11) is 0. The fourth-order valence-electron chi connectivity index (χ4n) is 4.29. The number of hydrogen-bond donors (Lipinski definition) is 1. The maximum atomic E-state index is 15.0. The van der Waals surface area contributed by atoms with E-state index in [1.165, 1.54) is 23.4 Å². The maximum Gasteiger partial charge on any atom is 0.349 e. The number of amides is 1. The lowest BCUT2D eigenvalue weighted by Gasteiger charge is -2.28. The molecule has 2 aliphatic rings. The Kier molecular flexibility index (Phi) is 4.39. The van der Waals surface area contributed by atoms with Gasteiger partial charge in [-0.25, -0.2) is 9.97 Å². The molecular formula is C22H20F2N6O. The Morgan fingerprint density at radius 1 is 1.13 bits per heavy atom. The molecule has 158 valence electrons. The molecule has 2 fully saturated rings. The summed E-state index contributed by atoms with van der Waals surface area (Å²) in [5.41, 5.74) is 0.405. The van der Waals surface area contributed by atoms with Crippen LogP contribution in [0.3, 0.4) is 0 Å². The van der Waals surface area contributed by atoms with Gasteiger partial charge in [-0.15, -0.1) is 0 Å². The highest BCUT2D eigenvalue weighted by molar-refractivity contribution is 5.88. The van der Waals surface area contributed by atoms with Crippen molar-refractivity contribution in [1.82, 2.24) is 19.9 Å². The van der Waals surface area contributed by atoms with E-state index >= 15 is 8.78 Å². The Bertz CT molecular complexity index is 1180. The lowest BCUT2D eigenvalue weighted by molar-refractivity contribution is -0.159. The fourth-order valence-corrected chi connectivity index (χ4v) is 4.29. The smallest absolute Gasteiger partial charge is 0.349 e. The van der Waals surface area contributed by atoms with Gasteiger partial charge in [0.15, 0.2) is 0 Å². The SMILES string of the molecule is N#Cc1ccc(C(F)(F)C(=O)N2CCN(c3ncnc4[nH]ccc34)CC3(CC3)C2)cc1. The molecular weight excluding hydrogens is 402 g/mol. The second kappa shape index (κ2) is 7.01. The van der Waals surface area contributed by atoms with Gasteiger partial charge in [0.05, 0.1) is 17.0 Å². The molecule has 0 radical (unpaired) electrons. The first-order chi connectivity index (χ1) is 14.9. The summed E-state index contributed by atoms with van der Waals surface area (Å²) >= 11 is 0. The number of benzene rings is 1. The number of alkyl halides is 2. The van der Waals surface area contributed by atoms with E-state index in [0.29, 0.717) is 19.6 Å². The number of aromatic nitrogens is 3. The van der Waals surface area contributed by atoms with Gasteiger partial charge in [-0.3, -0.25) is 4.79 Å². The largest absolute Gasteiger partial charge is 0.354 e. The lowest BCUT2D eigenvalue weighted by atomic mass is 10.0. The third-order valence-electron chi connectivity index (χ3n) is 6.21. The molecule has 9 heteroatoms. The summed E-state index contributed by atoms with van der Waals surface area (Å²) in [5, 5.41) is 9.76. The average molecular weight is 422 g/mol. The molecule has 1 N–H and O–H groups in total. The van der Waals surface area contributed by atoms with E-state index in [2.05, 4.69) is 19.9 Å². The van der Waals surface area contributed by atoms with E-state index in [1.54, 1.807) is 6.20 Å². The Morgan fingerprint density at radius 3 is 2.61 bits per heavy atom. The van der Waals surface area contributed by atoms with E-state index in [9.17, 15) is 4.79 Å². The first kappa shape index (κ1) is 19.4. The molecule has 1 aromatic carbocycles. The number of halogens is 2. The van der Waals surface area contributed by atoms with Crippen LogP contribution in [0, 0.1) is 16.7 Å². The molecule has 1 amide bonds. The van der Waals surface area contributed by atoms with E-state index in [0.717, 1.165) is 41.8 Å². The van der Waals surface area contributed by atoms with Crippen LogP contribution in [0.2, 0.25) is 0 Å². The molecule has 0 bridgehead atoms. The van der Waals surface area contributed by atoms with Crippen LogP contribution in [0.25, 0.3) is 11.0 Å². The summed E-state index contributed by atoms with van der Waals surface area (Å²) in [6.45, 7) is 1.56. The van der Waals surface area contributed by atoms with E-state index in [-0.39, 0.29) is 17.5 Å². The minimum Gasteiger partial charge on any atom is -0.354 e. The van der Waals surface area contributed by atoms with Crippen molar-refractivity contribution in [1.29, 1.82) is 5.26 Å². The van der Waals surface area contributed by atoms with Gasteiger partial charge >= 0.3 is 5.92 Å². The molecule has 0 atom stereocenters. The first-order valence-electron chi connectivity index (χ1n) is 10.1. The maximum absolute atomic E-state index is 15.0. The Hall–Kier alpha value is -3.54. The number of nitrogens with one attached hydrogen (secondary N) is 1. The predicted octanol–water partition coefficient (Wildman–Crippen LogP) is 3.05. The van der Waals surface area contributed by atoms with Gasteiger partial charge in [0.2, 0.25) is 0 Å². The van der Waals surface area contributed by atoms with E-state index < -0.39 is 17.4 Å². The minimum absolute atomic E-state index is 0.183. The molecule has 31 heavy (non-hydrogen) atoms. The number of aromatic amines is 1. The molecule has 3 aromatic rings. The van der Waals surface area contributed by atoms with Crippen molar-refractivity contribution in [2.45, 2.75) is 18.8 Å². The Morgan fingerprint density at radius 2 is 1.90 bits per heavy atom. The van der Waals surface area contributed by atoms with Crippen LogP contribution in [0.4, 0.5) is 14.6 Å².